The maximum absolute atomic E-state index is 11.9. The number of nitrogens with zero attached hydrogens (tertiary/aromatic N) is 1. The molecule has 3 atom stereocenters. The summed E-state index contributed by atoms with van der Waals surface area (Å²) >= 11 is 0. The van der Waals surface area contributed by atoms with E-state index in [9.17, 15) is 4.79 Å². The van der Waals surface area contributed by atoms with E-state index in [1.807, 2.05) is 18.9 Å². The van der Waals surface area contributed by atoms with Gasteiger partial charge in [0, 0.05) is 13.1 Å². The van der Waals surface area contributed by atoms with Gasteiger partial charge in [-0.2, -0.15) is 0 Å². The lowest BCUT2D eigenvalue weighted by Gasteiger charge is -2.37. The van der Waals surface area contributed by atoms with Crippen LogP contribution in [-0.2, 0) is 4.79 Å². The van der Waals surface area contributed by atoms with Crippen molar-refractivity contribution in [2.75, 3.05) is 7.05 Å². The molecule has 0 heterocycles. The number of likely N-dealkylation sites (N-methyl/N-ethyl adjacent to an activating group) is 1. The minimum absolute atomic E-state index is 0.108. The van der Waals surface area contributed by atoms with Crippen LogP contribution in [0.1, 0.15) is 46.0 Å². The van der Waals surface area contributed by atoms with Crippen LogP contribution in [-0.4, -0.2) is 29.9 Å². The van der Waals surface area contributed by atoms with E-state index in [1.54, 1.807) is 0 Å². The van der Waals surface area contributed by atoms with Crippen LogP contribution in [0.15, 0.2) is 0 Å². The van der Waals surface area contributed by atoms with Crippen molar-refractivity contribution in [3.63, 3.8) is 0 Å². The van der Waals surface area contributed by atoms with E-state index in [-0.39, 0.29) is 11.9 Å². The summed E-state index contributed by atoms with van der Waals surface area (Å²) in [6.07, 6.45) is 5.65. The molecule has 2 unspecified atom stereocenters. The molecule has 0 radical (unpaired) electrons. The van der Waals surface area contributed by atoms with E-state index in [1.165, 1.54) is 19.3 Å². The Morgan fingerprint density at radius 1 is 1.47 bits per heavy atom. The van der Waals surface area contributed by atoms with Gasteiger partial charge in [0.1, 0.15) is 0 Å². The first-order chi connectivity index (χ1) is 7.07. The molecule has 0 aromatic rings. The Morgan fingerprint density at radius 2 is 2.07 bits per heavy atom. The topological polar surface area (TPSA) is 46.3 Å². The molecule has 88 valence electrons. The smallest absolute Gasteiger partial charge is 0.239 e. The van der Waals surface area contributed by atoms with Crippen LogP contribution in [0.2, 0.25) is 0 Å². The predicted octanol–water partition coefficient (Wildman–Crippen LogP) is 1.76. The van der Waals surface area contributed by atoms with Gasteiger partial charge in [-0.1, -0.05) is 26.7 Å². The number of nitrogens with two attached hydrogens (primary N) is 1. The zero-order valence-corrected chi connectivity index (χ0v) is 10.2. The molecular formula is C12H24N2O. The Kier molecular flexibility index (Phi) is 4.58. The van der Waals surface area contributed by atoms with E-state index in [4.69, 9.17) is 5.73 Å². The first-order valence-electron chi connectivity index (χ1n) is 6.10. The molecule has 3 nitrogen and oxygen atoms in total. The Morgan fingerprint density at radius 3 is 2.60 bits per heavy atom. The van der Waals surface area contributed by atoms with Gasteiger partial charge in [-0.25, -0.2) is 0 Å². The normalized spacial score (nSPS) is 28.5. The number of hydrogen-bond donors (Lipinski definition) is 1. The van der Waals surface area contributed by atoms with Crippen LogP contribution in [0.4, 0.5) is 0 Å². The van der Waals surface area contributed by atoms with Crippen LogP contribution in [0.25, 0.3) is 0 Å². The fraction of sp³-hybridized carbons (Fsp3) is 0.917. The molecule has 0 aliphatic heterocycles. The summed E-state index contributed by atoms with van der Waals surface area (Å²) in [4.78, 5) is 13.8. The van der Waals surface area contributed by atoms with Crippen molar-refractivity contribution < 1.29 is 4.79 Å². The van der Waals surface area contributed by atoms with Gasteiger partial charge >= 0.3 is 0 Å². The maximum Gasteiger partial charge on any atom is 0.239 e. The van der Waals surface area contributed by atoms with Gasteiger partial charge in [0.2, 0.25) is 5.91 Å². The minimum Gasteiger partial charge on any atom is -0.341 e. The zero-order valence-electron chi connectivity index (χ0n) is 10.2. The standard InChI is InChI=1S/C12H24N2O/c1-4-10(13)12(15)14(3)11-8-6-5-7-9(11)2/h9-11H,4-8,13H2,1-3H3/t9?,10-,11?/m1/s1. The number of carbonyl (C=O) groups excluding carboxylic acids is 1. The average Bonchev–Trinajstić information content (AvgIpc) is 2.26. The van der Waals surface area contributed by atoms with Crippen molar-refractivity contribution in [2.24, 2.45) is 11.7 Å². The molecular weight excluding hydrogens is 188 g/mol. The first-order valence-corrected chi connectivity index (χ1v) is 6.10. The molecule has 1 saturated carbocycles. The lowest BCUT2D eigenvalue weighted by atomic mass is 9.85. The molecule has 1 fully saturated rings. The highest BCUT2D eigenvalue weighted by atomic mass is 16.2. The average molecular weight is 212 g/mol. The lowest BCUT2D eigenvalue weighted by Crippen LogP contribution is -2.49. The highest BCUT2D eigenvalue weighted by Crippen LogP contribution is 2.27. The van der Waals surface area contributed by atoms with Crippen molar-refractivity contribution in [1.29, 1.82) is 0 Å². The molecule has 1 amide bonds. The summed E-state index contributed by atoms with van der Waals surface area (Å²) in [5.41, 5.74) is 5.78. The van der Waals surface area contributed by atoms with Crippen LogP contribution >= 0.6 is 0 Å². The monoisotopic (exact) mass is 212 g/mol. The van der Waals surface area contributed by atoms with Crippen LogP contribution in [0.5, 0.6) is 0 Å². The molecule has 1 aliphatic rings. The Bertz CT molecular complexity index is 218. The molecule has 0 aromatic heterocycles. The quantitative estimate of drug-likeness (QED) is 0.775. The highest BCUT2D eigenvalue weighted by Gasteiger charge is 2.29. The zero-order chi connectivity index (χ0) is 11.4. The second-order valence-electron chi connectivity index (χ2n) is 4.79. The predicted molar refractivity (Wildman–Crippen MR) is 62.5 cm³/mol. The van der Waals surface area contributed by atoms with Crippen molar-refractivity contribution in [1.82, 2.24) is 4.90 Å². The molecule has 1 rings (SSSR count). The third-order valence-corrected chi connectivity index (χ3v) is 3.67. The summed E-state index contributed by atoms with van der Waals surface area (Å²) in [5.74, 6) is 0.730. The van der Waals surface area contributed by atoms with Gasteiger partial charge in [-0.15, -0.1) is 0 Å². The molecule has 0 aromatic carbocycles. The second kappa shape index (κ2) is 5.50. The largest absolute Gasteiger partial charge is 0.341 e. The van der Waals surface area contributed by atoms with E-state index in [2.05, 4.69) is 6.92 Å². The van der Waals surface area contributed by atoms with Gasteiger partial charge in [0.15, 0.2) is 0 Å². The molecule has 15 heavy (non-hydrogen) atoms. The molecule has 0 bridgehead atoms. The van der Waals surface area contributed by atoms with E-state index in [0.29, 0.717) is 12.0 Å². The minimum atomic E-state index is -0.316. The third-order valence-electron chi connectivity index (χ3n) is 3.67. The maximum atomic E-state index is 11.9. The Hall–Kier alpha value is -0.570. The van der Waals surface area contributed by atoms with Crippen molar-refractivity contribution >= 4 is 5.91 Å². The van der Waals surface area contributed by atoms with Crippen molar-refractivity contribution in [2.45, 2.75) is 58.0 Å². The van der Waals surface area contributed by atoms with Gasteiger partial charge in [-0.05, 0) is 25.2 Å². The van der Waals surface area contributed by atoms with Gasteiger partial charge < -0.3 is 10.6 Å². The first kappa shape index (κ1) is 12.5. The molecule has 3 heteroatoms. The summed E-state index contributed by atoms with van der Waals surface area (Å²) < 4.78 is 0. The van der Waals surface area contributed by atoms with Crippen LogP contribution in [0.3, 0.4) is 0 Å². The van der Waals surface area contributed by atoms with Gasteiger partial charge in [0.25, 0.3) is 0 Å². The summed E-state index contributed by atoms with van der Waals surface area (Å²) in [5, 5.41) is 0. The number of carbonyl (C=O) groups is 1. The fourth-order valence-corrected chi connectivity index (χ4v) is 2.47. The summed E-state index contributed by atoms with van der Waals surface area (Å²) in [7, 11) is 1.91. The van der Waals surface area contributed by atoms with E-state index in [0.717, 1.165) is 12.8 Å². The van der Waals surface area contributed by atoms with Gasteiger partial charge in [-0.3, -0.25) is 4.79 Å². The van der Waals surface area contributed by atoms with Crippen LogP contribution in [0, 0.1) is 5.92 Å². The SMILES string of the molecule is CC[C@@H](N)C(=O)N(C)C1CCCCC1C. The summed E-state index contributed by atoms with van der Waals surface area (Å²) in [6, 6.07) is 0.0907. The summed E-state index contributed by atoms with van der Waals surface area (Å²) in [6.45, 7) is 4.20. The van der Waals surface area contributed by atoms with Crippen LogP contribution < -0.4 is 5.73 Å². The Labute approximate surface area is 93.0 Å². The Balaban J connectivity index is 2.57. The van der Waals surface area contributed by atoms with E-state index >= 15 is 0 Å². The second-order valence-corrected chi connectivity index (χ2v) is 4.79. The third kappa shape index (κ3) is 2.94. The fourth-order valence-electron chi connectivity index (χ4n) is 2.47. The highest BCUT2D eigenvalue weighted by molar-refractivity contribution is 5.81. The lowest BCUT2D eigenvalue weighted by molar-refractivity contribution is -0.135. The van der Waals surface area contributed by atoms with Crippen molar-refractivity contribution in [3.05, 3.63) is 0 Å². The number of rotatable bonds is 3. The van der Waals surface area contributed by atoms with E-state index < -0.39 is 0 Å². The molecule has 0 saturated heterocycles. The molecule has 2 N–H and O–H groups in total. The number of amides is 1. The van der Waals surface area contributed by atoms with Crippen molar-refractivity contribution in [3.8, 4) is 0 Å². The number of hydrogen-bond acceptors (Lipinski definition) is 2. The molecule has 0 spiro atoms. The van der Waals surface area contributed by atoms with Gasteiger partial charge in [0.05, 0.1) is 6.04 Å². The molecule has 1 aliphatic carbocycles.